The summed E-state index contributed by atoms with van der Waals surface area (Å²) in [6, 6.07) is 9.16. The zero-order valence-electron chi connectivity index (χ0n) is 12.8. The summed E-state index contributed by atoms with van der Waals surface area (Å²) in [6.07, 6.45) is 1.07. The second kappa shape index (κ2) is 6.43. The van der Waals surface area contributed by atoms with Crippen molar-refractivity contribution in [3.05, 3.63) is 79.4 Å². The van der Waals surface area contributed by atoms with Gasteiger partial charge in [0, 0.05) is 12.1 Å². The Hall–Kier alpha value is -4.08. The largest absolute Gasteiger partial charge is 0.867 e. The maximum atomic E-state index is 12.1. The van der Waals surface area contributed by atoms with Gasteiger partial charge in [-0.25, -0.2) is 4.79 Å². The number of para-hydroxylation sites is 2. The third-order valence-corrected chi connectivity index (χ3v) is 3.57. The highest BCUT2D eigenvalue weighted by atomic mass is 16.7. The maximum Gasteiger partial charge on any atom is 0.368 e. The van der Waals surface area contributed by atoms with Crippen molar-refractivity contribution < 1.29 is 24.6 Å². The standard InChI is InChI=1S/C16H9N3O7/c20-15-9(4-3-7-13(15)19(24)25)8-11-14(17-26-16(11)21)10-5-1-2-6-12(10)18(22)23/h1-8,20H/p-1/b11-8-. The Morgan fingerprint density at radius 2 is 1.62 bits per heavy atom. The van der Waals surface area contributed by atoms with E-state index in [0.717, 1.165) is 12.1 Å². The Kier molecular flexibility index (Phi) is 4.15. The molecule has 0 saturated heterocycles. The van der Waals surface area contributed by atoms with Crippen molar-refractivity contribution in [2.75, 3.05) is 0 Å². The summed E-state index contributed by atoms with van der Waals surface area (Å²) in [5.41, 5.74) is -1.43. The molecule has 26 heavy (non-hydrogen) atoms. The summed E-state index contributed by atoms with van der Waals surface area (Å²) in [7, 11) is 0. The molecule has 0 bridgehead atoms. The minimum absolute atomic E-state index is 0.0208. The molecule has 130 valence electrons. The van der Waals surface area contributed by atoms with Gasteiger partial charge in [0.1, 0.15) is 5.71 Å². The monoisotopic (exact) mass is 354 g/mol. The molecule has 1 aliphatic heterocycles. The van der Waals surface area contributed by atoms with E-state index >= 15 is 0 Å². The first-order valence-electron chi connectivity index (χ1n) is 7.09. The van der Waals surface area contributed by atoms with Crippen molar-refractivity contribution >= 4 is 29.1 Å². The fraction of sp³-hybridized carbons (Fsp3) is 0. The van der Waals surface area contributed by atoms with Crippen molar-refractivity contribution in [2.45, 2.75) is 0 Å². The first-order chi connectivity index (χ1) is 12.4. The van der Waals surface area contributed by atoms with Gasteiger partial charge in [0.05, 0.1) is 21.0 Å². The maximum absolute atomic E-state index is 12.1. The fourth-order valence-corrected chi connectivity index (χ4v) is 2.39. The minimum atomic E-state index is -0.927. The zero-order valence-corrected chi connectivity index (χ0v) is 12.8. The number of benzene rings is 2. The first-order valence-corrected chi connectivity index (χ1v) is 7.09. The lowest BCUT2D eigenvalue weighted by molar-refractivity contribution is -0.398. The molecule has 0 aromatic heterocycles. The molecule has 1 aliphatic rings. The molecular weight excluding hydrogens is 346 g/mol. The van der Waals surface area contributed by atoms with E-state index in [1.54, 1.807) is 0 Å². The van der Waals surface area contributed by atoms with E-state index in [-0.39, 0.29) is 28.1 Å². The quantitative estimate of drug-likeness (QED) is 0.352. The number of nitro benzene ring substituents is 2. The normalized spacial score (nSPS) is 14.8. The second-order valence-corrected chi connectivity index (χ2v) is 5.10. The van der Waals surface area contributed by atoms with Crippen LogP contribution < -0.4 is 5.11 Å². The molecule has 10 nitrogen and oxygen atoms in total. The van der Waals surface area contributed by atoms with Crippen LogP contribution >= 0.6 is 0 Å². The number of oxime groups is 1. The summed E-state index contributed by atoms with van der Waals surface area (Å²) < 4.78 is 0. The predicted molar refractivity (Wildman–Crippen MR) is 86.2 cm³/mol. The van der Waals surface area contributed by atoms with Crippen molar-refractivity contribution in [3.8, 4) is 5.75 Å². The van der Waals surface area contributed by atoms with Crippen LogP contribution in [0.1, 0.15) is 11.1 Å². The third kappa shape index (κ3) is 2.86. The lowest BCUT2D eigenvalue weighted by Crippen LogP contribution is -2.09. The van der Waals surface area contributed by atoms with E-state index in [1.807, 2.05) is 0 Å². The Morgan fingerprint density at radius 1 is 0.962 bits per heavy atom. The van der Waals surface area contributed by atoms with Crippen LogP contribution in [-0.4, -0.2) is 21.5 Å². The van der Waals surface area contributed by atoms with Gasteiger partial charge in [-0.2, -0.15) is 0 Å². The number of hydrogen-bond donors (Lipinski definition) is 0. The van der Waals surface area contributed by atoms with Crippen LogP contribution in [0.25, 0.3) is 6.08 Å². The summed E-state index contributed by atoms with van der Waals surface area (Å²) in [5.74, 6) is -1.82. The average molecular weight is 354 g/mol. The lowest BCUT2D eigenvalue weighted by Gasteiger charge is -2.11. The molecule has 0 aliphatic carbocycles. The molecule has 10 heteroatoms. The topological polar surface area (TPSA) is 148 Å². The lowest BCUT2D eigenvalue weighted by atomic mass is 9.99. The Morgan fingerprint density at radius 3 is 2.31 bits per heavy atom. The summed E-state index contributed by atoms with van der Waals surface area (Å²) in [6.45, 7) is 0. The van der Waals surface area contributed by atoms with Gasteiger partial charge >= 0.3 is 5.97 Å². The number of carbonyl (C=O) groups is 1. The van der Waals surface area contributed by atoms with Gasteiger partial charge in [-0.05, 0) is 23.5 Å². The molecule has 3 rings (SSSR count). The van der Waals surface area contributed by atoms with Crippen LogP contribution in [0.2, 0.25) is 0 Å². The van der Waals surface area contributed by atoms with Gasteiger partial charge in [-0.3, -0.25) is 20.2 Å². The molecule has 0 unspecified atom stereocenters. The van der Waals surface area contributed by atoms with Crippen LogP contribution in [-0.2, 0) is 9.63 Å². The van der Waals surface area contributed by atoms with Crippen molar-refractivity contribution in [2.24, 2.45) is 5.16 Å². The zero-order chi connectivity index (χ0) is 18.8. The molecule has 0 amide bonds. The Bertz CT molecular complexity index is 1010. The van der Waals surface area contributed by atoms with Crippen molar-refractivity contribution in [3.63, 3.8) is 0 Å². The number of hydrogen-bond acceptors (Lipinski definition) is 8. The molecule has 0 fully saturated rings. The van der Waals surface area contributed by atoms with E-state index < -0.39 is 27.3 Å². The summed E-state index contributed by atoms with van der Waals surface area (Å²) in [5, 5.41) is 37.7. The van der Waals surface area contributed by atoms with E-state index in [4.69, 9.17) is 0 Å². The Labute approximate surface area is 144 Å². The van der Waals surface area contributed by atoms with Crippen molar-refractivity contribution in [1.82, 2.24) is 0 Å². The molecule has 0 atom stereocenters. The van der Waals surface area contributed by atoms with Gasteiger partial charge in [-0.1, -0.05) is 29.4 Å². The van der Waals surface area contributed by atoms with E-state index in [0.29, 0.717) is 0 Å². The highest BCUT2D eigenvalue weighted by Crippen LogP contribution is 2.31. The van der Waals surface area contributed by atoms with Gasteiger partial charge < -0.3 is 9.94 Å². The van der Waals surface area contributed by atoms with Crippen molar-refractivity contribution in [1.29, 1.82) is 0 Å². The van der Waals surface area contributed by atoms with Crippen LogP contribution in [0, 0.1) is 20.2 Å². The third-order valence-electron chi connectivity index (χ3n) is 3.57. The smallest absolute Gasteiger partial charge is 0.368 e. The number of nitro groups is 2. The molecule has 0 N–H and O–H groups in total. The van der Waals surface area contributed by atoms with Gasteiger partial charge in [0.2, 0.25) is 0 Å². The van der Waals surface area contributed by atoms with E-state index in [1.165, 1.54) is 36.4 Å². The fourth-order valence-electron chi connectivity index (χ4n) is 2.39. The van der Waals surface area contributed by atoms with Crippen LogP contribution in [0.5, 0.6) is 5.75 Å². The number of carbonyl (C=O) groups excluding carboxylic acids is 1. The average Bonchev–Trinajstić information content (AvgIpc) is 2.97. The van der Waals surface area contributed by atoms with E-state index in [9.17, 15) is 30.1 Å². The number of nitrogens with zero attached hydrogens (tertiary/aromatic N) is 3. The van der Waals surface area contributed by atoms with Crippen LogP contribution in [0.3, 0.4) is 0 Å². The Balaban J connectivity index is 2.13. The van der Waals surface area contributed by atoms with Gasteiger partial charge in [0.25, 0.3) is 11.4 Å². The van der Waals surface area contributed by atoms with Crippen LogP contribution in [0.4, 0.5) is 11.4 Å². The molecule has 0 spiro atoms. The highest BCUT2D eigenvalue weighted by molar-refractivity contribution is 6.32. The first kappa shape index (κ1) is 16.8. The predicted octanol–water partition coefficient (Wildman–Crippen LogP) is 1.92. The minimum Gasteiger partial charge on any atom is -0.867 e. The summed E-state index contributed by atoms with van der Waals surface area (Å²) >= 11 is 0. The molecule has 0 radical (unpaired) electrons. The van der Waals surface area contributed by atoms with Gasteiger partial charge in [0.15, 0.2) is 0 Å². The van der Waals surface area contributed by atoms with E-state index in [2.05, 4.69) is 9.99 Å². The SMILES string of the molecule is O=C1ON=C(c2ccccc2[N+](=O)[O-])/C1=C/c1cccc([N+](=O)[O-])c1[O-]. The molecule has 0 saturated carbocycles. The summed E-state index contributed by atoms with van der Waals surface area (Å²) in [4.78, 5) is 37.1. The highest BCUT2D eigenvalue weighted by Gasteiger charge is 2.31. The van der Waals surface area contributed by atoms with Gasteiger partial charge in [-0.15, -0.1) is 0 Å². The van der Waals surface area contributed by atoms with Crippen LogP contribution in [0.15, 0.2) is 53.2 Å². The molecule has 2 aromatic carbocycles. The molecular formula is C16H8N3O7-. The number of rotatable bonds is 4. The second-order valence-electron chi connectivity index (χ2n) is 5.10. The molecule has 1 heterocycles. The molecule has 2 aromatic rings.